The predicted octanol–water partition coefficient (Wildman–Crippen LogP) is 5.32. The number of carboxylic acid groups (broad SMARTS) is 2. The van der Waals surface area contributed by atoms with Gasteiger partial charge >= 0.3 is 16.8 Å². The third-order valence-electron chi connectivity index (χ3n) is 5.72. The van der Waals surface area contributed by atoms with E-state index in [1.54, 1.807) is 12.4 Å². The fourth-order valence-electron chi connectivity index (χ4n) is 3.90. The van der Waals surface area contributed by atoms with E-state index >= 15 is 0 Å². The number of rotatable bonds is 4. The standard InChI is InChI=1S/C30H36N2O2.2C2H4O2.Co/c1-19-12-21(27(33)25(14-19)29(3,4)5)17-31-23-10-9-11-24(16-23)32-18-22-13-20(2)15-26(28(22)34)30(6,7)8;2*1-2(3)4;/h9-18,33-34H,1-8H3;2*1H3,(H,3,4);/q;;;+2/p-2. The van der Waals surface area contributed by atoms with Gasteiger partial charge in [-0.3, -0.25) is 9.98 Å². The molecule has 0 aliphatic rings. The molecule has 0 unspecified atom stereocenters. The fourth-order valence-corrected chi connectivity index (χ4v) is 3.90. The van der Waals surface area contributed by atoms with Crippen LogP contribution in [0.3, 0.4) is 0 Å². The molecule has 3 aromatic rings. The number of benzene rings is 3. The maximum Gasteiger partial charge on any atom is 2.00 e. The predicted molar refractivity (Wildman–Crippen MR) is 165 cm³/mol. The van der Waals surface area contributed by atoms with Gasteiger partial charge in [-0.2, -0.15) is 0 Å². The molecule has 0 atom stereocenters. The Hall–Kier alpha value is -3.95. The zero-order valence-corrected chi connectivity index (χ0v) is 27.6. The Kier molecular flexibility index (Phi) is 15.1. The van der Waals surface area contributed by atoms with Crippen LogP contribution < -0.4 is 10.2 Å². The molecule has 8 nitrogen and oxygen atoms in total. The molecule has 233 valence electrons. The largest absolute Gasteiger partial charge is 2.00 e. The molecule has 0 amide bonds. The molecule has 9 heteroatoms. The summed E-state index contributed by atoms with van der Waals surface area (Å²) in [5.74, 6) is -1.64. The molecule has 0 aromatic heterocycles. The van der Waals surface area contributed by atoms with E-state index in [9.17, 15) is 10.2 Å². The van der Waals surface area contributed by atoms with Crippen molar-refractivity contribution >= 4 is 35.7 Å². The van der Waals surface area contributed by atoms with Gasteiger partial charge in [0.05, 0.1) is 11.4 Å². The minimum atomic E-state index is -1.08. The summed E-state index contributed by atoms with van der Waals surface area (Å²) >= 11 is 0. The first-order valence-corrected chi connectivity index (χ1v) is 13.4. The van der Waals surface area contributed by atoms with E-state index in [0.29, 0.717) is 11.1 Å². The van der Waals surface area contributed by atoms with E-state index in [1.807, 2.05) is 62.4 Å². The molecule has 0 aliphatic heterocycles. The van der Waals surface area contributed by atoms with Gasteiger partial charge in [-0.1, -0.05) is 59.7 Å². The van der Waals surface area contributed by atoms with E-state index in [0.717, 1.165) is 47.5 Å². The molecule has 43 heavy (non-hydrogen) atoms. The number of aryl methyl sites for hydroxylation is 2. The van der Waals surface area contributed by atoms with Crippen LogP contribution in [0.4, 0.5) is 11.4 Å². The minimum absolute atomic E-state index is 0. The Morgan fingerprint density at radius 2 is 0.977 bits per heavy atom. The van der Waals surface area contributed by atoms with Crippen molar-refractivity contribution in [1.29, 1.82) is 0 Å². The molecule has 3 aromatic carbocycles. The third kappa shape index (κ3) is 13.7. The monoisotopic (exact) mass is 633 g/mol. The van der Waals surface area contributed by atoms with Crippen LogP contribution in [-0.4, -0.2) is 34.6 Å². The molecule has 0 saturated carbocycles. The first-order chi connectivity index (χ1) is 19.2. The maximum atomic E-state index is 10.8. The number of aromatic hydroxyl groups is 2. The summed E-state index contributed by atoms with van der Waals surface area (Å²) in [7, 11) is 0. The summed E-state index contributed by atoms with van der Waals surface area (Å²) < 4.78 is 0. The molecule has 0 aliphatic carbocycles. The molecule has 0 heterocycles. The maximum absolute atomic E-state index is 10.8. The summed E-state index contributed by atoms with van der Waals surface area (Å²) in [4.78, 5) is 27.0. The zero-order chi connectivity index (χ0) is 32.4. The molecular weight excluding hydrogens is 591 g/mol. The van der Waals surface area contributed by atoms with Crippen molar-refractivity contribution in [2.45, 2.75) is 80.1 Å². The van der Waals surface area contributed by atoms with Gasteiger partial charge < -0.3 is 30.0 Å². The van der Waals surface area contributed by atoms with Gasteiger partial charge in [0.1, 0.15) is 11.5 Å². The number of hydrogen-bond acceptors (Lipinski definition) is 8. The molecule has 1 radical (unpaired) electrons. The first-order valence-electron chi connectivity index (χ1n) is 13.4. The second-order valence-electron chi connectivity index (χ2n) is 12.0. The van der Waals surface area contributed by atoms with Gasteiger partial charge in [0.25, 0.3) is 0 Å². The van der Waals surface area contributed by atoms with Crippen molar-refractivity contribution in [2.75, 3.05) is 0 Å². The summed E-state index contributed by atoms with van der Waals surface area (Å²) in [6.45, 7) is 18.5. The second-order valence-corrected chi connectivity index (χ2v) is 12.0. The van der Waals surface area contributed by atoms with Crippen LogP contribution in [0.1, 0.15) is 88.8 Å². The molecule has 0 spiro atoms. The molecule has 0 saturated heterocycles. The van der Waals surface area contributed by atoms with Gasteiger partial charge in [0.15, 0.2) is 0 Å². The number of carboxylic acids is 2. The van der Waals surface area contributed by atoms with E-state index < -0.39 is 11.9 Å². The van der Waals surface area contributed by atoms with Crippen LogP contribution in [0.15, 0.2) is 58.5 Å². The van der Waals surface area contributed by atoms with Crippen molar-refractivity contribution in [2.24, 2.45) is 9.98 Å². The minimum Gasteiger partial charge on any atom is -0.550 e. The zero-order valence-electron chi connectivity index (χ0n) is 26.5. The van der Waals surface area contributed by atoms with Crippen molar-refractivity contribution < 1.29 is 46.8 Å². The van der Waals surface area contributed by atoms with Crippen molar-refractivity contribution in [3.63, 3.8) is 0 Å². The summed E-state index contributed by atoms with van der Waals surface area (Å²) in [6.07, 6.45) is 3.39. The average molecular weight is 634 g/mol. The van der Waals surface area contributed by atoms with Crippen LogP contribution in [0, 0.1) is 13.8 Å². The van der Waals surface area contributed by atoms with Gasteiger partial charge in [-0.25, -0.2) is 0 Å². The van der Waals surface area contributed by atoms with Crippen molar-refractivity contribution in [1.82, 2.24) is 0 Å². The fraction of sp³-hybridized carbons (Fsp3) is 0.353. The Bertz CT molecular complexity index is 1350. The number of hydrogen-bond donors (Lipinski definition) is 2. The van der Waals surface area contributed by atoms with Crippen LogP contribution in [-0.2, 0) is 37.2 Å². The van der Waals surface area contributed by atoms with Crippen LogP contribution in [0.2, 0.25) is 0 Å². The summed E-state index contributed by atoms with van der Waals surface area (Å²) in [5.41, 5.74) is 6.48. The van der Waals surface area contributed by atoms with Gasteiger partial charge in [-0.15, -0.1) is 0 Å². The second kappa shape index (κ2) is 16.6. The van der Waals surface area contributed by atoms with Crippen LogP contribution >= 0.6 is 0 Å². The third-order valence-corrected chi connectivity index (χ3v) is 5.72. The Morgan fingerprint density at radius 1 is 0.674 bits per heavy atom. The number of carbonyl (C=O) groups is 2. The normalized spacial score (nSPS) is 11.2. The Morgan fingerprint density at radius 3 is 1.26 bits per heavy atom. The first kappa shape index (κ1) is 39.0. The number of nitrogens with zero attached hydrogens (tertiary/aromatic N) is 2. The smallest absolute Gasteiger partial charge is 0.550 e. The number of aliphatic carboxylic acids is 2. The summed E-state index contributed by atoms with van der Waals surface area (Å²) in [5, 5.41) is 39.3. The SMILES string of the molecule is CC(=O)[O-].CC(=O)[O-].Cc1cc(C=Nc2cccc(N=Cc3cc(C)cc(C(C)(C)C)c3O)c2)c(O)c(C(C)(C)C)c1.[Co+2]. The van der Waals surface area contributed by atoms with Crippen LogP contribution in [0.5, 0.6) is 11.5 Å². The van der Waals surface area contributed by atoms with E-state index in [-0.39, 0.29) is 39.1 Å². The van der Waals surface area contributed by atoms with Crippen molar-refractivity contribution in [3.05, 3.63) is 81.9 Å². The molecular formula is C34H42CoN2O6. The van der Waals surface area contributed by atoms with Crippen molar-refractivity contribution in [3.8, 4) is 11.5 Å². The number of phenols is 2. The topological polar surface area (TPSA) is 145 Å². The number of carbonyl (C=O) groups excluding carboxylic acids is 2. The van der Waals surface area contributed by atoms with E-state index in [2.05, 4.69) is 51.5 Å². The van der Waals surface area contributed by atoms with E-state index in [4.69, 9.17) is 19.8 Å². The van der Waals surface area contributed by atoms with E-state index in [1.165, 1.54) is 0 Å². The van der Waals surface area contributed by atoms with Gasteiger partial charge in [-0.05, 0) is 80.0 Å². The molecule has 0 fully saturated rings. The quantitative estimate of drug-likeness (QED) is 0.372. The molecule has 3 rings (SSSR count). The molecule has 2 N–H and O–H groups in total. The van der Waals surface area contributed by atoms with Gasteiger partial charge in [0, 0.05) is 46.6 Å². The van der Waals surface area contributed by atoms with Crippen LogP contribution in [0.25, 0.3) is 0 Å². The van der Waals surface area contributed by atoms with Gasteiger partial charge in [0.2, 0.25) is 0 Å². The number of phenolic OH excluding ortho intramolecular Hbond substituents is 2. The Balaban J connectivity index is 0.00000174. The average Bonchev–Trinajstić information content (AvgIpc) is 2.83. The summed E-state index contributed by atoms with van der Waals surface area (Å²) in [6, 6.07) is 15.5. The Labute approximate surface area is 265 Å². The number of aliphatic imine (C=N–C) groups is 2. The molecule has 0 bridgehead atoms.